The van der Waals surface area contributed by atoms with Gasteiger partial charge in [-0.2, -0.15) is 11.3 Å². The zero-order valence-electron chi connectivity index (χ0n) is 40.3. The third-order valence-electron chi connectivity index (χ3n) is 11.8. The maximum absolute atomic E-state index is 7.35. The predicted octanol–water partition coefficient (Wildman–Crippen LogP) is 15.8. The summed E-state index contributed by atoms with van der Waals surface area (Å²) in [4.78, 5) is 9.80. The second kappa shape index (κ2) is 19.0. The first-order valence-electron chi connectivity index (χ1n) is 23.3. The van der Waals surface area contributed by atoms with Gasteiger partial charge in [-0.25, -0.2) is 0 Å². The smallest absolute Gasteiger partial charge is 0 e. The molecule has 0 N–H and O–H groups in total. The van der Waals surface area contributed by atoms with E-state index in [-0.39, 0.29) is 20.1 Å². The summed E-state index contributed by atoms with van der Waals surface area (Å²) in [7, 11) is 0. The minimum absolute atomic E-state index is 0. The van der Waals surface area contributed by atoms with Crippen LogP contribution in [0.25, 0.3) is 81.8 Å². The largest absolute Gasteiger partial charge is 0 e. The SMILES string of the molecule is CC(C)c1cccc(C(C)C)c1-n1c(-c2[c-]ccc3c2sc2ccc(-c4ccc(-c5ccccc5)cc4)cc23)nc2ccccc21.[2H]C([2H])([2H])c1c[c-]c(-c2cc[c]([Ge]([CH3])([CH3])[CH3])cn2)cc1.[Ir]. The van der Waals surface area contributed by atoms with Crippen LogP contribution in [-0.2, 0) is 20.1 Å². The summed E-state index contributed by atoms with van der Waals surface area (Å²) in [6, 6.07) is 61.6. The number of hydrogen-bond acceptors (Lipinski definition) is 3. The quantitative estimate of drug-likeness (QED) is 0.112. The number of aryl methyl sites for hydroxylation is 1. The van der Waals surface area contributed by atoms with E-state index in [4.69, 9.17) is 9.10 Å². The predicted molar refractivity (Wildman–Crippen MR) is 274 cm³/mol. The van der Waals surface area contributed by atoms with Gasteiger partial charge in [0, 0.05) is 30.5 Å². The van der Waals surface area contributed by atoms with Crippen LogP contribution in [0.3, 0.4) is 0 Å². The molecule has 0 atom stereocenters. The molecule has 6 heteroatoms. The molecular weight excluding hydrogens is 1040 g/mol. The molecule has 3 heterocycles. The summed E-state index contributed by atoms with van der Waals surface area (Å²) in [5.74, 6) is 8.67. The molecule has 0 amide bonds. The van der Waals surface area contributed by atoms with E-state index in [1.807, 2.05) is 23.6 Å². The molecular formula is C58H53GeIrN3S-2. The first kappa shape index (κ1) is 41.3. The van der Waals surface area contributed by atoms with Gasteiger partial charge in [0.15, 0.2) is 0 Å². The summed E-state index contributed by atoms with van der Waals surface area (Å²) >= 11 is 0.00612. The molecule has 1 radical (unpaired) electrons. The second-order valence-electron chi connectivity index (χ2n) is 17.9. The summed E-state index contributed by atoms with van der Waals surface area (Å²) in [6.45, 7) is 7.06. The maximum atomic E-state index is 7.35. The number of imidazole rings is 1. The van der Waals surface area contributed by atoms with Crippen molar-refractivity contribution in [2.75, 3.05) is 0 Å². The van der Waals surface area contributed by atoms with Gasteiger partial charge >= 0.3 is 110 Å². The summed E-state index contributed by atoms with van der Waals surface area (Å²) < 4.78 is 28.3. The van der Waals surface area contributed by atoms with Crippen LogP contribution in [0.2, 0.25) is 17.3 Å². The molecule has 321 valence electrons. The Balaban J connectivity index is 0.000000244. The number of benzene rings is 7. The van der Waals surface area contributed by atoms with Crippen LogP contribution >= 0.6 is 11.3 Å². The number of hydrogen-bond donors (Lipinski definition) is 0. The zero-order chi connectivity index (χ0) is 46.3. The van der Waals surface area contributed by atoms with E-state index in [1.165, 1.54) is 69.7 Å². The minimum Gasteiger partial charge on any atom is 0 e. The summed E-state index contributed by atoms with van der Waals surface area (Å²) in [5, 5.41) is 2.52. The molecule has 0 saturated carbocycles. The van der Waals surface area contributed by atoms with E-state index >= 15 is 0 Å². The standard InChI is InChI=1S/C43H35N2S.C15H18GeN.Ir/c1-27(2)33-14-10-15-34(28(3)4)41(33)45-39-19-9-8-18-38(39)44-43(45)36-17-11-16-35-37-26-32(24-25-40(37)46-42(35)36)31-22-20-30(21-23-31)29-12-6-5-7-13-29;1-12-5-7-13(8-6-12)15-10-9-14(11-17-15)16(2,3)4;/h5-16,18-28H,1-4H3;5-7,9-11H,1-4H3;/q2*-1;/i;1D3;. The molecule has 10 aromatic rings. The van der Waals surface area contributed by atoms with Gasteiger partial charge in [-0.15, -0.1) is 18.2 Å². The van der Waals surface area contributed by atoms with Crippen molar-refractivity contribution in [3.63, 3.8) is 0 Å². The Kier molecular flexibility index (Phi) is 12.2. The van der Waals surface area contributed by atoms with E-state index in [1.54, 1.807) is 12.1 Å². The van der Waals surface area contributed by atoms with E-state index in [2.05, 4.69) is 200 Å². The fraction of sp³-hybridized carbons (Fsp3) is 0.172. The molecule has 64 heavy (non-hydrogen) atoms. The van der Waals surface area contributed by atoms with Gasteiger partial charge in [-0.05, 0) is 79.6 Å². The van der Waals surface area contributed by atoms with Gasteiger partial charge in [0.25, 0.3) is 0 Å². The number of nitrogens with zero attached hydrogens (tertiary/aromatic N) is 3. The Hall–Kier alpha value is -5.43. The van der Waals surface area contributed by atoms with Gasteiger partial charge in [0.1, 0.15) is 0 Å². The normalized spacial score (nSPS) is 12.5. The van der Waals surface area contributed by atoms with Crippen LogP contribution in [0.15, 0.2) is 164 Å². The van der Waals surface area contributed by atoms with Crippen molar-refractivity contribution in [3.05, 3.63) is 193 Å². The monoisotopic (exact) mass is 1090 g/mol. The number of pyridine rings is 1. The van der Waals surface area contributed by atoms with Crippen LogP contribution in [0.5, 0.6) is 0 Å². The average Bonchev–Trinajstić information content (AvgIpc) is 3.90. The van der Waals surface area contributed by atoms with Crippen LogP contribution in [0.4, 0.5) is 0 Å². The molecule has 3 nitrogen and oxygen atoms in total. The van der Waals surface area contributed by atoms with Crippen molar-refractivity contribution >= 4 is 60.2 Å². The molecule has 10 rings (SSSR count). The fourth-order valence-corrected chi connectivity index (χ4v) is 11.7. The van der Waals surface area contributed by atoms with Crippen molar-refractivity contribution < 1.29 is 24.2 Å². The Morgan fingerprint density at radius 1 is 0.656 bits per heavy atom. The third-order valence-corrected chi connectivity index (χ3v) is 17.3. The first-order chi connectivity index (χ1) is 31.7. The number of rotatable bonds is 8. The molecule has 3 aromatic heterocycles. The summed E-state index contributed by atoms with van der Waals surface area (Å²) in [5.41, 5.74) is 14.0. The molecule has 0 aliphatic carbocycles. The Labute approximate surface area is 403 Å². The first-order valence-corrected chi connectivity index (χ1v) is 29.9. The Morgan fingerprint density at radius 3 is 1.97 bits per heavy atom. The third kappa shape index (κ3) is 9.10. The zero-order valence-corrected chi connectivity index (χ0v) is 42.6. The Bertz CT molecular complexity index is 3230. The molecule has 0 bridgehead atoms. The topological polar surface area (TPSA) is 30.7 Å². The number of aromatic nitrogens is 3. The van der Waals surface area contributed by atoms with Crippen LogP contribution < -0.4 is 4.40 Å². The van der Waals surface area contributed by atoms with Crippen LogP contribution in [0.1, 0.15) is 60.3 Å². The van der Waals surface area contributed by atoms with E-state index in [9.17, 15) is 0 Å². The number of thiophene rings is 1. The average molecular weight is 1090 g/mol. The van der Waals surface area contributed by atoms with E-state index < -0.39 is 20.1 Å². The number of fused-ring (bicyclic) bond motifs is 4. The van der Waals surface area contributed by atoms with Crippen molar-refractivity contribution in [1.29, 1.82) is 0 Å². The van der Waals surface area contributed by atoms with Crippen LogP contribution in [0, 0.1) is 19.0 Å². The molecule has 0 spiro atoms. The molecule has 0 fully saturated rings. The minimum atomic E-state index is -2.08. The molecule has 0 aliphatic rings. The molecule has 0 unspecified atom stereocenters. The maximum Gasteiger partial charge on any atom is 0 e. The van der Waals surface area contributed by atoms with Crippen molar-refractivity contribution in [2.45, 2.75) is 63.7 Å². The van der Waals surface area contributed by atoms with Gasteiger partial charge in [0.2, 0.25) is 0 Å². The molecule has 0 saturated heterocycles. The molecule has 0 aliphatic heterocycles. The van der Waals surface area contributed by atoms with E-state index in [0.29, 0.717) is 17.4 Å². The second-order valence-corrected chi connectivity index (χ2v) is 29.6. The van der Waals surface area contributed by atoms with Gasteiger partial charge < -0.3 is 4.57 Å². The van der Waals surface area contributed by atoms with Crippen LogP contribution in [-0.4, -0.2) is 27.8 Å². The Morgan fingerprint density at radius 2 is 1.33 bits per heavy atom. The van der Waals surface area contributed by atoms with Gasteiger partial charge in [-0.3, -0.25) is 4.98 Å². The van der Waals surface area contributed by atoms with Crippen molar-refractivity contribution in [2.24, 2.45) is 0 Å². The van der Waals surface area contributed by atoms with Gasteiger partial charge in [0.05, 0.1) is 16.9 Å². The van der Waals surface area contributed by atoms with Crippen molar-refractivity contribution in [3.8, 4) is 50.6 Å². The van der Waals surface area contributed by atoms with E-state index in [0.717, 1.165) is 33.7 Å². The van der Waals surface area contributed by atoms with Gasteiger partial charge in [-0.1, -0.05) is 130 Å². The van der Waals surface area contributed by atoms with Crippen molar-refractivity contribution in [1.82, 2.24) is 14.5 Å². The summed E-state index contributed by atoms with van der Waals surface area (Å²) in [6.07, 6.45) is 1.95. The fourth-order valence-electron chi connectivity index (χ4n) is 8.34. The number of para-hydroxylation sites is 3. The molecule has 7 aromatic carbocycles.